The van der Waals surface area contributed by atoms with Gasteiger partial charge in [-0.15, -0.1) is 0 Å². The average molecular weight is 507 g/mol. The summed E-state index contributed by atoms with van der Waals surface area (Å²) in [5.41, 5.74) is 0.474. The van der Waals surface area contributed by atoms with Crippen LogP contribution in [0.4, 0.5) is 11.4 Å². The Bertz CT molecular complexity index is 1210. The van der Waals surface area contributed by atoms with Crippen LogP contribution in [0.25, 0.3) is 17.4 Å². The average Bonchev–Trinajstić information content (AvgIpc) is 3.17. The van der Waals surface area contributed by atoms with Crippen molar-refractivity contribution >= 4 is 62.5 Å². The zero-order chi connectivity index (χ0) is 21.8. The third-order valence-corrected chi connectivity index (χ3v) is 5.19. The zero-order valence-electron chi connectivity index (χ0n) is 14.9. The van der Waals surface area contributed by atoms with Gasteiger partial charge in [-0.3, -0.25) is 14.9 Å². The Hall–Kier alpha value is -3.12. The lowest BCUT2D eigenvalue weighted by Gasteiger charge is -2.08. The van der Waals surface area contributed by atoms with Crippen LogP contribution in [0.2, 0.25) is 10.0 Å². The molecule has 1 heterocycles. The zero-order valence-corrected chi connectivity index (χ0v) is 18.0. The van der Waals surface area contributed by atoms with Crippen molar-refractivity contribution in [1.82, 2.24) is 0 Å². The summed E-state index contributed by atoms with van der Waals surface area (Å²) in [5, 5.41) is 23.2. The number of nitrogens with zero attached hydrogens (tertiary/aromatic N) is 2. The first-order valence-electron chi connectivity index (χ1n) is 8.21. The fourth-order valence-electron chi connectivity index (χ4n) is 2.48. The third-order valence-electron chi connectivity index (χ3n) is 3.91. The minimum atomic E-state index is -0.707. The molecule has 1 aromatic heterocycles. The molecule has 0 saturated carbocycles. The molecule has 0 aliphatic carbocycles. The summed E-state index contributed by atoms with van der Waals surface area (Å²) in [4.78, 5) is 22.8. The minimum absolute atomic E-state index is 0.0704. The molecule has 7 nitrogen and oxygen atoms in total. The number of nitriles is 1. The summed E-state index contributed by atoms with van der Waals surface area (Å²) >= 11 is 15.3. The molecule has 0 radical (unpaired) electrons. The van der Waals surface area contributed by atoms with Crippen LogP contribution < -0.4 is 5.32 Å². The molecule has 2 aromatic carbocycles. The van der Waals surface area contributed by atoms with Crippen LogP contribution in [0.3, 0.4) is 0 Å². The second kappa shape index (κ2) is 9.13. The molecule has 1 amide bonds. The minimum Gasteiger partial charge on any atom is -0.457 e. The fraction of sp³-hybridized carbons (Fsp3) is 0. The third kappa shape index (κ3) is 4.71. The summed E-state index contributed by atoms with van der Waals surface area (Å²) in [5.74, 6) is -0.0657. The van der Waals surface area contributed by atoms with Gasteiger partial charge in [0.15, 0.2) is 0 Å². The molecule has 0 fully saturated rings. The maximum absolute atomic E-state index is 12.5. The van der Waals surface area contributed by atoms with E-state index in [9.17, 15) is 20.2 Å². The molecule has 0 aliphatic rings. The van der Waals surface area contributed by atoms with Gasteiger partial charge in [0.05, 0.1) is 20.7 Å². The number of amides is 1. The Kier molecular flexibility index (Phi) is 6.57. The number of carbonyl (C=O) groups is 1. The van der Waals surface area contributed by atoms with Gasteiger partial charge in [0.1, 0.15) is 23.2 Å². The van der Waals surface area contributed by atoms with Crippen molar-refractivity contribution in [3.8, 4) is 17.4 Å². The highest BCUT2D eigenvalue weighted by molar-refractivity contribution is 9.10. The predicted octanol–water partition coefficient (Wildman–Crippen LogP) is 6.47. The molecule has 0 spiro atoms. The number of hydrogen-bond acceptors (Lipinski definition) is 5. The van der Waals surface area contributed by atoms with E-state index in [0.717, 1.165) is 0 Å². The second-order valence-electron chi connectivity index (χ2n) is 5.84. The number of benzene rings is 2. The van der Waals surface area contributed by atoms with Crippen molar-refractivity contribution in [1.29, 1.82) is 5.26 Å². The van der Waals surface area contributed by atoms with Crippen molar-refractivity contribution in [3.63, 3.8) is 0 Å². The molecule has 3 aromatic rings. The van der Waals surface area contributed by atoms with Crippen LogP contribution in [-0.2, 0) is 4.79 Å². The Morgan fingerprint density at radius 2 is 1.90 bits per heavy atom. The Morgan fingerprint density at radius 1 is 1.20 bits per heavy atom. The number of carbonyl (C=O) groups excluding carboxylic acids is 1. The monoisotopic (exact) mass is 505 g/mol. The van der Waals surface area contributed by atoms with E-state index in [-0.39, 0.29) is 32.8 Å². The number of anilines is 1. The molecule has 0 saturated heterocycles. The van der Waals surface area contributed by atoms with Crippen LogP contribution in [0.5, 0.6) is 0 Å². The summed E-state index contributed by atoms with van der Waals surface area (Å²) in [7, 11) is 0. The molecule has 1 N–H and O–H groups in total. The number of nitrogens with one attached hydrogen (secondary N) is 1. The molecule has 0 bridgehead atoms. The van der Waals surface area contributed by atoms with E-state index in [1.807, 2.05) is 6.07 Å². The highest BCUT2D eigenvalue weighted by Crippen LogP contribution is 2.33. The van der Waals surface area contributed by atoms with E-state index < -0.39 is 10.8 Å². The van der Waals surface area contributed by atoms with Gasteiger partial charge >= 0.3 is 0 Å². The van der Waals surface area contributed by atoms with E-state index in [0.29, 0.717) is 15.8 Å². The van der Waals surface area contributed by atoms with Crippen molar-refractivity contribution in [2.24, 2.45) is 0 Å². The number of furan rings is 1. The Labute approximate surface area is 188 Å². The standard InChI is InChI=1S/C20H10BrCl2N3O4/c21-15-9-12(26(28)29)4-6-14(15)18-7-5-13(30-18)8-11(10-24)20(27)25-19-16(22)2-1-3-17(19)23/h1-9H,(H,25,27)/b11-8+. The van der Waals surface area contributed by atoms with Gasteiger partial charge in [0.25, 0.3) is 11.6 Å². The number of nitro groups is 1. The predicted molar refractivity (Wildman–Crippen MR) is 117 cm³/mol. The summed E-state index contributed by atoms with van der Waals surface area (Å²) in [6, 6.07) is 14.0. The smallest absolute Gasteiger partial charge is 0.270 e. The molecule has 30 heavy (non-hydrogen) atoms. The number of halogens is 3. The van der Waals surface area contributed by atoms with Gasteiger partial charge in [-0.05, 0) is 46.3 Å². The largest absolute Gasteiger partial charge is 0.457 e. The lowest BCUT2D eigenvalue weighted by atomic mass is 10.1. The maximum Gasteiger partial charge on any atom is 0.270 e. The first kappa shape index (κ1) is 21.6. The van der Waals surface area contributed by atoms with Crippen LogP contribution in [0.1, 0.15) is 5.76 Å². The van der Waals surface area contributed by atoms with Crippen LogP contribution in [0.15, 0.2) is 63.0 Å². The molecular formula is C20H10BrCl2N3O4. The number of non-ortho nitro benzene ring substituents is 1. The highest BCUT2D eigenvalue weighted by atomic mass is 79.9. The number of nitro benzene ring substituents is 1. The van der Waals surface area contributed by atoms with E-state index in [1.165, 1.54) is 24.3 Å². The Morgan fingerprint density at radius 3 is 2.50 bits per heavy atom. The first-order valence-corrected chi connectivity index (χ1v) is 9.76. The topological polar surface area (TPSA) is 109 Å². The van der Waals surface area contributed by atoms with E-state index in [2.05, 4.69) is 21.2 Å². The van der Waals surface area contributed by atoms with Crippen molar-refractivity contribution < 1.29 is 14.1 Å². The van der Waals surface area contributed by atoms with Gasteiger partial charge in [-0.1, -0.05) is 29.3 Å². The normalized spacial score (nSPS) is 11.1. The van der Waals surface area contributed by atoms with Crippen LogP contribution in [0, 0.1) is 21.4 Å². The van der Waals surface area contributed by atoms with Gasteiger partial charge in [0.2, 0.25) is 0 Å². The SMILES string of the molecule is N#C/C(=C\c1ccc(-c2ccc([N+](=O)[O-])cc2Br)o1)C(=O)Nc1c(Cl)cccc1Cl. The maximum atomic E-state index is 12.5. The van der Waals surface area contributed by atoms with Gasteiger partial charge in [-0.25, -0.2) is 0 Å². The number of para-hydroxylation sites is 1. The highest BCUT2D eigenvalue weighted by Gasteiger charge is 2.16. The van der Waals surface area contributed by atoms with Gasteiger partial charge in [-0.2, -0.15) is 5.26 Å². The van der Waals surface area contributed by atoms with Crippen molar-refractivity contribution in [3.05, 3.63) is 84.5 Å². The summed E-state index contributed by atoms with van der Waals surface area (Å²) in [6.45, 7) is 0. The molecule has 150 valence electrons. The van der Waals surface area contributed by atoms with E-state index >= 15 is 0 Å². The van der Waals surface area contributed by atoms with Gasteiger partial charge < -0.3 is 9.73 Å². The lowest BCUT2D eigenvalue weighted by Crippen LogP contribution is -2.14. The fourth-order valence-corrected chi connectivity index (χ4v) is 3.54. The molecule has 3 rings (SSSR count). The molecule has 0 aliphatic heterocycles. The summed E-state index contributed by atoms with van der Waals surface area (Å²) in [6.07, 6.45) is 1.27. The first-order chi connectivity index (χ1) is 14.3. The van der Waals surface area contributed by atoms with Crippen molar-refractivity contribution in [2.45, 2.75) is 0 Å². The van der Waals surface area contributed by atoms with E-state index in [4.69, 9.17) is 27.6 Å². The van der Waals surface area contributed by atoms with Crippen LogP contribution in [-0.4, -0.2) is 10.8 Å². The summed E-state index contributed by atoms with van der Waals surface area (Å²) < 4.78 is 6.14. The van der Waals surface area contributed by atoms with Crippen LogP contribution >= 0.6 is 39.1 Å². The molecular weight excluding hydrogens is 497 g/mol. The Balaban J connectivity index is 1.86. The van der Waals surface area contributed by atoms with Gasteiger partial charge in [0, 0.05) is 28.2 Å². The number of hydrogen-bond donors (Lipinski definition) is 1. The molecule has 0 atom stereocenters. The second-order valence-corrected chi connectivity index (χ2v) is 7.51. The molecule has 10 heteroatoms. The lowest BCUT2D eigenvalue weighted by molar-refractivity contribution is -0.384. The quantitative estimate of drug-likeness (QED) is 0.184. The van der Waals surface area contributed by atoms with Crippen molar-refractivity contribution in [2.75, 3.05) is 5.32 Å². The number of rotatable bonds is 5. The molecule has 0 unspecified atom stereocenters. The van der Waals surface area contributed by atoms with E-state index in [1.54, 1.807) is 30.3 Å².